The fraction of sp³-hybridized carbons (Fsp3) is 0.895. The highest BCUT2D eigenvalue weighted by molar-refractivity contribution is 5.85. The van der Waals surface area contributed by atoms with Gasteiger partial charge in [-0.15, -0.1) is 0 Å². The molecule has 1 unspecified atom stereocenters. The van der Waals surface area contributed by atoms with E-state index in [1.807, 2.05) is 0 Å². The molecule has 2 aliphatic heterocycles. The minimum absolute atomic E-state index is 0.00349. The molecule has 9 heteroatoms. The van der Waals surface area contributed by atoms with E-state index in [4.69, 9.17) is 19.7 Å². The molecule has 0 aromatic carbocycles. The van der Waals surface area contributed by atoms with E-state index in [0.29, 0.717) is 39.2 Å². The Morgan fingerprint density at radius 3 is 2.43 bits per heavy atom. The highest BCUT2D eigenvalue weighted by Crippen LogP contribution is 2.25. The summed E-state index contributed by atoms with van der Waals surface area (Å²) < 4.78 is 16.1. The molecule has 2 saturated heterocycles. The van der Waals surface area contributed by atoms with Crippen LogP contribution in [-0.4, -0.2) is 50.6 Å². The Bertz CT molecular complexity index is 532. The lowest BCUT2D eigenvalue weighted by atomic mass is 9.95. The first-order valence-corrected chi connectivity index (χ1v) is 10.4. The lowest BCUT2D eigenvalue weighted by Crippen LogP contribution is -2.40. The van der Waals surface area contributed by atoms with Crippen molar-refractivity contribution in [1.82, 2.24) is 5.32 Å². The Morgan fingerprint density at radius 1 is 1.11 bits per heavy atom. The number of azide groups is 1. The summed E-state index contributed by atoms with van der Waals surface area (Å²) >= 11 is 0. The molecule has 2 rings (SSSR count). The lowest BCUT2D eigenvalue weighted by Gasteiger charge is -2.22. The maximum absolute atomic E-state index is 12.3. The van der Waals surface area contributed by atoms with Crippen LogP contribution >= 0.6 is 0 Å². The van der Waals surface area contributed by atoms with Crippen molar-refractivity contribution in [2.75, 3.05) is 26.4 Å². The molecule has 1 N–H and O–H groups in total. The van der Waals surface area contributed by atoms with Gasteiger partial charge in [-0.2, -0.15) is 0 Å². The quantitative estimate of drug-likeness (QED) is 0.159. The molecule has 9 nitrogen and oxygen atoms in total. The number of unbranched alkanes of at least 4 members (excludes halogenated alkanes) is 6. The molecular formula is C19H32N4O5. The number of hydrogen-bond donors (Lipinski definition) is 1. The monoisotopic (exact) mass is 396 g/mol. The molecule has 0 spiro atoms. The Labute approximate surface area is 166 Å². The van der Waals surface area contributed by atoms with E-state index in [9.17, 15) is 9.59 Å². The first-order valence-electron chi connectivity index (χ1n) is 10.4. The first-order chi connectivity index (χ1) is 13.7. The van der Waals surface area contributed by atoms with Crippen LogP contribution < -0.4 is 5.32 Å². The Kier molecular flexibility index (Phi) is 10.7. The highest BCUT2D eigenvalue weighted by atomic mass is 16.7. The molecule has 2 aliphatic rings. The molecule has 158 valence electrons. The smallest absolute Gasteiger partial charge is 0.328 e. The second-order valence-corrected chi connectivity index (χ2v) is 7.37. The third-order valence-corrected chi connectivity index (χ3v) is 5.15. The average molecular weight is 396 g/mol. The summed E-state index contributed by atoms with van der Waals surface area (Å²) in [6.07, 6.45) is 9.01. The number of nitrogens with zero attached hydrogens (tertiary/aromatic N) is 3. The number of carbonyl (C=O) groups excluding carboxylic acids is 2. The van der Waals surface area contributed by atoms with Crippen LogP contribution in [-0.2, 0) is 23.8 Å². The van der Waals surface area contributed by atoms with Gasteiger partial charge in [0.05, 0.1) is 19.8 Å². The molecule has 28 heavy (non-hydrogen) atoms. The van der Waals surface area contributed by atoms with Gasteiger partial charge in [-0.1, -0.05) is 43.6 Å². The van der Waals surface area contributed by atoms with Crippen molar-refractivity contribution in [3.63, 3.8) is 0 Å². The maximum atomic E-state index is 12.3. The number of hydrogen-bond acceptors (Lipinski definition) is 6. The summed E-state index contributed by atoms with van der Waals surface area (Å²) in [5.41, 5.74) is 8.22. The molecule has 0 bridgehead atoms. The second-order valence-electron chi connectivity index (χ2n) is 7.37. The zero-order valence-corrected chi connectivity index (χ0v) is 16.5. The van der Waals surface area contributed by atoms with Crippen LogP contribution in [0, 0.1) is 5.92 Å². The van der Waals surface area contributed by atoms with Gasteiger partial charge in [-0.05, 0) is 18.4 Å². The van der Waals surface area contributed by atoms with Gasteiger partial charge >= 0.3 is 5.97 Å². The summed E-state index contributed by atoms with van der Waals surface area (Å²) in [6, 6.07) is -0.516. The Morgan fingerprint density at radius 2 is 1.79 bits per heavy atom. The number of esters is 1. The largest absolute Gasteiger partial charge is 0.464 e. The van der Waals surface area contributed by atoms with Crippen molar-refractivity contribution in [3.05, 3.63) is 10.4 Å². The molecule has 1 amide bonds. The summed E-state index contributed by atoms with van der Waals surface area (Å²) in [7, 11) is 0. The number of amides is 1. The summed E-state index contributed by atoms with van der Waals surface area (Å²) in [5, 5.41) is 6.30. The van der Waals surface area contributed by atoms with Crippen LogP contribution in [0.2, 0.25) is 0 Å². The molecular weight excluding hydrogens is 364 g/mol. The maximum Gasteiger partial charge on any atom is 0.328 e. The molecule has 0 aromatic rings. The van der Waals surface area contributed by atoms with Crippen molar-refractivity contribution in [3.8, 4) is 0 Å². The van der Waals surface area contributed by atoms with E-state index in [0.717, 1.165) is 44.9 Å². The molecule has 0 radical (unpaired) electrons. The van der Waals surface area contributed by atoms with Crippen molar-refractivity contribution < 1.29 is 23.8 Å². The second kappa shape index (κ2) is 13.4. The topological polar surface area (TPSA) is 123 Å². The molecule has 0 aromatic heterocycles. The van der Waals surface area contributed by atoms with Crippen LogP contribution in [0.4, 0.5) is 0 Å². The minimum atomic E-state index is -0.516. The van der Waals surface area contributed by atoms with Gasteiger partial charge in [0.2, 0.25) is 5.91 Å². The Hall–Kier alpha value is -1.83. The third kappa shape index (κ3) is 8.46. The van der Waals surface area contributed by atoms with E-state index in [-0.39, 0.29) is 24.1 Å². The number of nitrogens with one attached hydrogen (secondary N) is 1. The van der Waals surface area contributed by atoms with Gasteiger partial charge in [-0.3, -0.25) is 4.79 Å². The van der Waals surface area contributed by atoms with Gasteiger partial charge in [0.1, 0.15) is 6.04 Å². The van der Waals surface area contributed by atoms with E-state index < -0.39 is 6.04 Å². The highest BCUT2D eigenvalue weighted by Gasteiger charge is 2.32. The van der Waals surface area contributed by atoms with Crippen molar-refractivity contribution in [2.24, 2.45) is 11.0 Å². The van der Waals surface area contributed by atoms with Crippen LogP contribution in [0.15, 0.2) is 5.11 Å². The zero-order valence-electron chi connectivity index (χ0n) is 16.5. The summed E-state index contributed by atoms with van der Waals surface area (Å²) in [4.78, 5) is 26.6. The fourth-order valence-electron chi connectivity index (χ4n) is 3.62. The molecule has 0 saturated carbocycles. The fourth-order valence-corrected chi connectivity index (χ4v) is 3.62. The van der Waals surface area contributed by atoms with Crippen molar-refractivity contribution >= 4 is 11.9 Å². The molecule has 2 heterocycles. The SMILES string of the molecule is [N-]=[N+]=NCCCCCCCCCC(CC(=O)N[C@H]1CCOC1=O)C1OCCO1. The van der Waals surface area contributed by atoms with Gasteiger partial charge in [0.15, 0.2) is 6.29 Å². The van der Waals surface area contributed by atoms with Crippen molar-refractivity contribution in [1.29, 1.82) is 0 Å². The van der Waals surface area contributed by atoms with Crippen LogP contribution in [0.1, 0.15) is 64.2 Å². The normalized spacial score (nSPS) is 20.6. The number of ether oxygens (including phenoxy) is 3. The third-order valence-electron chi connectivity index (χ3n) is 5.15. The van der Waals surface area contributed by atoms with Crippen molar-refractivity contribution in [2.45, 2.75) is 76.5 Å². The van der Waals surface area contributed by atoms with Gasteiger partial charge in [0.25, 0.3) is 0 Å². The van der Waals surface area contributed by atoms with Crippen LogP contribution in [0.25, 0.3) is 10.4 Å². The summed E-state index contributed by atoms with van der Waals surface area (Å²) in [5.74, 6) is -0.491. The van der Waals surface area contributed by atoms with Crippen LogP contribution in [0.5, 0.6) is 0 Å². The van der Waals surface area contributed by atoms with E-state index in [2.05, 4.69) is 15.3 Å². The zero-order chi connectivity index (χ0) is 20.0. The molecule has 2 fully saturated rings. The van der Waals surface area contributed by atoms with E-state index in [1.54, 1.807) is 0 Å². The Balaban J connectivity index is 1.61. The molecule has 0 aliphatic carbocycles. The lowest BCUT2D eigenvalue weighted by molar-refractivity contribution is -0.142. The summed E-state index contributed by atoms with van der Waals surface area (Å²) in [6.45, 7) is 2.08. The van der Waals surface area contributed by atoms with Gasteiger partial charge < -0.3 is 19.5 Å². The van der Waals surface area contributed by atoms with Gasteiger partial charge in [0, 0.05) is 30.2 Å². The molecule has 2 atom stereocenters. The standard InChI is InChI=1S/C19H32N4O5/c20-23-21-10-7-5-3-1-2-4-6-8-15(19-27-12-13-28-19)14-17(24)22-16-9-11-26-18(16)25/h15-16,19H,1-14H2,(H,22,24)/t15?,16-/m0/s1. The van der Waals surface area contributed by atoms with Gasteiger partial charge in [-0.25, -0.2) is 4.79 Å². The van der Waals surface area contributed by atoms with Crippen LogP contribution in [0.3, 0.4) is 0 Å². The first kappa shape index (κ1) is 22.5. The number of carbonyl (C=O) groups is 2. The predicted octanol–water partition coefficient (Wildman–Crippen LogP) is 3.23. The predicted molar refractivity (Wildman–Crippen MR) is 102 cm³/mol. The van der Waals surface area contributed by atoms with E-state index in [1.165, 1.54) is 6.42 Å². The number of rotatable bonds is 14. The average Bonchev–Trinajstić information content (AvgIpc) is 3.35. The van der Waals surface area contributed by atoms with E-state index >= 15 is 0 Å². The minimum Gasteiger partial charge on any atom is -0.464 e. The number of cyclic esters (lactones) is 1.